The minimum absolute atomic E-state index is 0.450. The van der Waals surface area contributed by atoms with Gasteiger partial charge in [-0.05, 0) is 35.4 Å². The second kappa shape index (κ2) is 6.46. The Balaban J connectivity index is 2.06. The molecule has 0 N–H and O–H groups in total. The predicted molar refractivity (Wildman–Crippen MR) is 79.5 cm³/mol. The van der Waals surface area contributed by atoms with Crippen molar-refractivity contribution in [3.8, 4) is 5.75 Å². The Kier molecular flexibility index (Phi) is 4.93. The molecule has 0 aliphatic rings. The van der Waals surface area contributed by atoms with Crippen molar-refractivity contribution in [1.82, 2.24) is 0 Å². The van der Waals surface area contributed by atoms with Crippen molar-refractivity contribution in [2.75, 3.05) is 0 Å². The van der Waals surface area contributed by atoms with Crippen molar-refractivity contribution in [2.24, 2.45) is 0 Å². The van der Waals surface area contributed by atoms with Crippen LogP contribution >= 0.6 is 39.1 Å². The van der Waals surface area contributed by atoms with E-state index in [0.717, 1.165) is 15.6 Å². The molecule has 0 heterocycles. The summed E-state index contributed by atoms with van der Waals surface area (Å²) in [6, 6.07) is 13.6. The van der Waals surface area contributed by atoms with E-state index in [1.807, 2.05) is 42.5 Å². The number of halogens is 3. The molecule has 0 saturated carbocycles. The van der Waals surface area contributed by atoms with Gasteiger partial charge in [-0.1, -0.05) is 45.7 Å². The zero-order valence-corrected chi connectivity index (χ0v) is 12.6. The molecule has 0 unspecified atom stereocenters. The van der Waals surface area contributed by atoms with Crippen LogP contribution in [-0.2, 0) is 12.5 Å². The summed E-state index contributed by atoms with van der Waals surface area (Å²) in [4.78, 5) is 0. The summed E-state index contributed by atoms with van der Waals surface area (Å²) < 4.78 is 6.72. The molecule has 0 radical (unpaired) electrons. The van der Waals surface area contributed by atoms with E-state index >= 15 is 0 Å². The maximum atomic E-state index is 6.11. The van der Waals surface area contributed by atoms with Crippen LogP contribution in [0.3, 0.4) is 0 Å². The lowest BCUT2D eigenvalue weighted by Crippen LogP contribution is -1.96. The molecule has 0 aliphatic heterocycles. The van der Waals surface area contributed by atoms with Crippen LogP contribution in [0.25, 0.3) is 0 Å². The summed E-state index contributed by atoms with van der Waals surface area (Å²) in [5.41, 5.74) is 2.07. The third kappa shape index (κ3) is 3.64. The maximum absolute atomic E-state index is 6.11. The average Bonchev–Trinajstić information content (AvgIpc) is 2.37. The van der Waals surface area contributed by atoms with Gasteiger partial charge in [0.15, 0.2) is 0 Å². The maximum Gasteiger partial charge on any atom is 0.138 e. The van der Waals surface area contributed by atoms with E-state index in [-0.39, 0.29) is 0 Å². The fourth-order valence-electron chi connectivity index (χ4n) is 1.53. The van der Waals surface area contributed by atoms with E-state index in [1.165, 1.54) is 0 Å². The van der Waals surface area contributed by atoms with Crippen molar-refractivity contribution in [3.05, 3.63) is 63.1 Å². The normalized spacial score (nSPS) is 10.4. The molecule has 2 aromatic carbocycles. The van der Waals surface area contributed by atoms with Gasteiger partial charge in [-0.15, -0.1) is 11.6 Å². The molecule has 2 aromatic rings. The van der Waals surface area contributed by atoms with Gasteiger partial charge in [0.1, 0.15) is 12.4 Å². The fraction of sp³-hybridized carbons (Fsp3) is 0.143. The summed E-state index contributed by atoms with van der Waals surface area (Å²) in [6.45, 7) is 0.485. The lowest BCUT2D eigenvalue weighted by Gasteiger charge is -2.09. The fourth-order valence-corrected chi connectivity index (χ4v) is 2.40. The Labute approximate surface area is 125 Å². The molecule has 0 bridgehead atoms. The number of hydrogen-bond acceptors (Lipinski definition) is 1. The van der Waals surface area contributed by atoms with Gasteiger partial charge in [-0.3, -0.25) is 0 Å². The number of benzene rings is 2. The monoisotopic (exact) mass is 344 g/mol. The van der Waals surface area contributed by atoms with Gasteiger partial charge in [-0.25, -0.2) is 0 Å². The van der Waals surface area contributed by atoms with Crippen LogP contribution < -0.4 is 4.74 Å². The predicted octanol–water partition coefficient (Wildman–Crippen LogP) is 5.42. The average molecular weight is 346 g/mol. The van der Waals surface area contributed by atoms with Crippen molar-refractivity contribution in [1.29, 1.82) is 0 Å². The Hall–Kier alpha value is -0.700. The van der Waals surface area contributed by atoms with Crippen LogP contribution in [0.4, 0.5) is 0 Å². The summed E-state index contributed by atoms with van der Waals surface area (Å²) in [7, 11) is 0. The van der Waals surface area contributed by atoms with Crippen LogP contribution in [-0.4, -0.2) is 0 Å². The van der Waals surface area contributed by atoms with Crippen LogP contribution in [0.5, 0.6) is 5.75 Å². The summed E-state index contributed by atoms with van der Waals surface area (Å²) in [5, 5.41) is 0.586. The van der Waals surface area contributed by atoms with Crippen LogP contribution in [0, 0.1) is 0 Å². The van der Waals surface area contributed by atoms with E-state index in [1.54, 1.807) is 0 Å². The molecule has 0 aliphatic carbocycles. The zero-order chi connectivity index (χ0) is 13.0. The topological polar surface area (TPSA) is 9.23 Å². The molecular weight excluding hydrogens is 335 g/mol. The Morgan fingerprint density at radius 1 is 1.06 bits per heavy atom. The highest BCUT2D eigenvalue weighted by atomic mass is 79.9. The first kappa shape index (κ1) is 13.7. The summed E-state index contributed by atoms with van der Waals surface area (Å²) in [5.74, 6) is 1.12. The van der Waals surface area contributed by atoms with Gasteiger partial charge >= 0.3 is 0 Å². The van der Waals surface area contributed by atoms with Crippen LogP contribution in [0.1, 0.15) is 11.1 Å². The van der Waals surface area contributed by atoms with Crippen molar-refractivity contribution in [3.63, 3.8) is 0 Å². The molecule has 18 heavy (non-hydrogen) atoms. The van der Waals surface area contributed by atoms with E-state index in [9.17, 15) is 0 Å². The second-order valence-corrected chi connectivity index (χ2v) is 5.41. The molecule has 4 heteroatoms. The number of rotatable bonds is 4. The van der Waals surface area contributed by atoms with Crippen molar-refractivity contribution < 1.29 is 4.74 Å². The molecule has 0 aromatic heterocycles. The first-order valence-electron chi connectivity index (χ1n) is 5.40. The van der Waals surface area contributed by atoms with Crippen LogP contribution in [0.15, 0.2) is 46.9 Å². The molecular formula is C14H11BrCl2O. The first-order valence-corrected chi connectivity index (χ1v) is 7.11. The summed E-state index contributed by atoms with van der Waals surface area (Å²) in [6.07, 6.45) is 0. The molecule has 0 spiro atoms. The number of hydrogen-bond donors (Lipinski definition) is 0. The number of alkyl halides is 1. The Bertz CT molecular complexity index is 543. The summed E-state index contributed by atoms with van der Waals surface area (Å²) >= 11 is 15.3. The molecule has 94 valence electrons. The number of ether oxygens (including phenoxy) is 1. The van der Waals surface area contributed by atoms with Crippen molar-refractivity contribution >= 4 is 39.1 Å². The standard InChI is InChI=1S/C14H11BrCl2O/c15-12-3-1-2-11(6-12)9-18-14-5-4-10(8-16)7-13(14)17/h1-7H,8-9H2. The molecule has 0 saturated heterocycles. The third-order valence-corrected chi connectivity index (χ3v) is 3.53. The molecule has 0 amide bonds. The second-order valence-electron chi connectivity index (χ2n) is 3.82. The zero-order valence-electron chi connectivity index (χ0n) is 9.50. The lowest BCUT2D eigenvalue weighted by molar-refractivity contribution is 0.306. The minimum Gasteiger partial charge on any atom is -0.487 e. The highest BCUT2D eigenvalue weighted by Crippen LogP contribution is 2.27. The van der Waals surface area contributed by atoms with Gasteiger partial charge in [0.05, 0.1) is 5.02 Å². The van der Waals surface area contributed by atoms with Gasteiger partial charge in [-0.2, -0.15) is 0 Å². The van der Waals surface area contributed by atoms with Gasteiger partial charge in [0.2, 0.25) is 0 Å². The van der Waals surface area contributed by atoms with Gasteiger partial charge in [0, 0.05) is 10.4 Å². The Morgan fingerprint density at radius 2 is 1.89 bits per heavy atom. The minimum atomic E-state index is 0.450. The molecule has 2 rings (SSSR count). The van der Waals surface area contributed by atoms with Gasteiger partial charge < -0.3 is 4.74 Å². The van der Waals surface area contributed by atoms with E-state index in [2.05, 4.69) is 15.9 Å². The van der Waals surface area contributed by atoms with Crippen LogP contribution in [0.2, 0.25) is 5.02 Å². The molecule has 0 fully saturated rings. The largest absolute Gasteiger partial charge is 0.487 e. The SMILES string of the molecule is ClCc1ccc(OCc2cccc(Br)c2)c(Cl)c1. The first-order chi connectivity index (χ1) is 8.69. The van der Waals surface area contributed by atoms with E-state index in [4.69, 9.17) is 27.9 Å². The lowest BCUT2D eigenvalue weighted by atomic mass is 10.2. The molecule has 1 nitrogen and oxygen atoms in total. The van der Waals surface area contributed by atoms with Crippen molar-refractivity contribution in [2.45, 2.75) is 12.5 Å². The third-order valence-electron chi connectivity index (χ3n) is 2.43. The van der Waals surface area contributed by atoms with Gasteiger partial charge in [0.25, 0.3) is 0 Å². The van der Waals surface area contributed by atoms with E-state index < -0.39 is 0 Å². The molecule has 0 atom stereocenters. The highest BCUT2D eigenvalue weighted by molar-refractivity contribution is 9.10. The highest BCUT2D eigenvalue weighted by Gasteiger charge is 2.03. The van der Waals surface area contributed by atoms with E-state index in [0.29, 0.717) is 23.3 Å². The quantitative estimate of drug-likeness (QED) is 0.672. The Morgan fingerprint density at radius 3 is 2.56 bits per heavy atom. The smallest absolute Gasteiger partial charge is 0.138 e.